The van der Waals surface area contributed by atoms with Gasteiger partial charge in [0.15, 0.2) is 5.76 Å². The first-order valence-electron chi connectivity index (χ1n) is 8.20. The molecule has 0 aliphatic carbocycles. The number of nitrogens with two attached hydrogens (primary N) is 1. The van der Waals surface area contributed by atoms with Crippen LogP contribution in [-0.4, -0.2) is 49.1 Å². The maximum Gasteiger partial charge on any atom is 0.288 e. The number of allylic oxidation sites excluding steroid dienone is 1. The Kier molecular flexibility index (Phi) is 4.66. The number of hydrogen-bond donors (Lipinski definition) is 1. The molecular formula is C16H24N2O4. The molecule has 3 aliphatic heterocycles. The molecule has 2 atom stereocenters. The Morgan fingerprint density at radius 1 is 1.18 bits per heavy atom. The van der Waals surface area contributed by atoms with Gasteiger partial charge in [-0.25, -0.2) is 0 Å². The molecule has 0 spiro atoms. The third-order valence-electron chi connectivity index (χ3n) is 4.94. The van der Waals surface area contributed by atoms with Gasteiger partial charge in [-0.1, -0.05) is 0 Å². The second-order valence-corrected chi connectivity index (χ2v) is 6.32. The summed E-state index contributed by atoms with van der Waals surface area (Å²) in [6.07, 6.45) is 6.14. The number of ether oxygens (including phenoxy) is 2. The van der Waals surface area contributed by atoms with Crippen molar-refractivity contribution in [1.82, 2.24) is 4.90 Å². The number of likely N-dealkylation sites (tertiary alicyclic amines) is 1. The van der Waals surface area contributed by atoms with Gasteiger partial charge in [0.25, 0.3) is 5.91 Å². The summed E-state index contributed by atoms with van der Waals surface area (Å²) in [4.78, 5) is 25.7. The fourth-order valence-corrected chi connectivity index (χ4v) is 3.67. The Bertz CT molecular complexity index is 469. The van der Waals surface area contributed by atoms with Crippen molar-refractivity contribution in [3.05, 3.63) is 11.8 Å². The fraction of sp³-hybridized carbons (Fsp3) is 0.750. The number of primary amides is 1. The first-order chi connectivity index (χ1) is 10.7. The van der Waals surface area contributed by atoms with Crippen molar-refractivity contribution < 1.29 is 19.1 Å². The van der Waals surface area contributed by atoms with E-state index in [0.29, 0.717) is 38.0 Å². The third-order valence-corrected chi connectivity index (χ3v) is 4.94. The Hall–Kier alpha value is -1.56. The van der Waals surface area contributed by atoms with Crippen molar-refractivity contribution in [2.24, 2.45) is 17.6 Å². The third kappa shape index (κ3) is 3.11. The second-order valence-electron chi connectivity index (χ2n) is 6.32. The zero-order valence-corrected chi connectivity index (χ0v) is 12.8. The van der Waals surface area contributed by atoms with Crippen LogP contribution in [0.2, 0.25) is 0 Å². The lowest BCUT2D eigenvalue weighted by Crippen LogP contribution is -2.44. The molecule has 0 radical (unpaired) electrons. The van der Waals surface area contributed by atoms with Gasteiger partial charge in [-0.3, -0.25) is 9.59 Å². The molecule has 0 unspecified atom stereocenters. The highest BCUT2D eigenvalue weighted by Crippen LogP contribution is 2.33. The van der Waals surface area contributed by atoms with Gasteiger partial charge in [-0.05, 0) is 44.1 Å². The average molecular weight is 308 g/mol. The Morgan fingerprint density at radius 3 is 2.59 bits per heavy atom. The zero-order valence-electron chi connectivity index (χ0n) is 12.8. The molecule has 3 aliphatic rings. The van der Waals surface area contributed by atoms with Gasteiger partial charge in [0.2, 0.25) is 5.91 Å². The molecule has 6 heteroatoms. The SMILES string of the molecule is NC(=O)[C@H]1CCO[C@@H]1C1CCN(C(=O)C2=CCCCO2)CC1. The number of rotatable bonds is 3. The van der Waals surface area contributed by atoms with E-state index >= 15 is 0 Å². The highest BCUT2D eigenvalue weighted by atomic mass is 16.5. The van der Waals surface area contributed by atoms with E-state index in [2.05, 4.69) is 0 Å². The van der Waals surface area contributed by atoms with E-state index in [1.54, 1.807) is 0 Å². The van der Waals surface area contributed by atoms with Crippen molar-refractivity contribution in [3.63, 3.8) is 0 Å². The van der Waals surface area contributed by atoms with Gasteiger partial charge in [0.05, 0.1) is 18.6 Å². The minimum absolute atomic E-state index is 0.00283. The van der Waals surface area contributed by atoms with Crippen LogP contribution < -0.4 is 5.73 Å². The number of hydrogen-bond acceptors (Lipinski definition) is 4. The summed E-state index contributed by atoms with van der Waals surface area (Å²) in [5, 5.41) is 0. The fourth-order valence-electron chi connectivity index (χ4n) is 3.67. The molecule has 2 fully saturated rings. The lowest BCUT2D eigenvalue weighted by Gasteiger charge is -2.36. The maximum atomic E-state index is 12.4. The highest BCUT2D eigenvalue weighted by molar-refractivity contribution is 5.91. The molecular weight excluding hydrogens is 284 g/mol. The Balaban J connectivity index is 1.55. The van der Waals surface area contributed by atoms with E-state index in [1.165, 1.54) is 0 Å². The van der Waals surface area contributed by atoms with Crippen molar-refractivity contribution in [3.8, 4) is 0 Å². The number of carbonyl (C=O) groups is 2. The number of nitrogens with zero attached hydrogens (tertiary/aromatic N) is 1. The monoisotopic (exact) mass is 308 g/mol. The van der Waals surface area contributed by atoms with Crippen LogP contribution in [0.5, 0.6) is 0 Å². The van der Waals surface area contributed by atoms with Crippen LogP contribution in [0, 0.1) is 11.8 Å². The molecule has 0 bridgehead atoms. The van der Waals surface area contributed by atoms with Crippen LogP contribution >= 0.6 is 0 Å². The summed E-state index contributed by atoms with van der Waals surface area (Å²) in [7, 11) is 0. The summed E-state index contributed by atoms with van der Waals surface area (Å²) in [6.45, 7) is 2.62. The molecule has 0 aromatic rings. The molecule has 0 aromatic carbocycles. The smallest absolute Gasteiger partial charge is 0.288 e. The molecule has 0 aromatic heterocycles. The maximum absolute atomic E-state index is 12.4. The predicted molar refractivity (Wildman–Crippen MR) is 79.6 cm³/mol. The second kappa shape index (κ2) is 6.69. The summed E-state index contributed by atoms with van der Waals surface area (Å²) in [5.74, 6) is 0.373. The Labute approximate surface area is 130 Å². The standard InChI is InChI=1S/C16H24N2O4/c17-15(19)12-6-10-22-14(12)11-4-7-18(8-5-11)16(20)13-3-1-2-9-21-13/h3,11-12,14H,1-2,4-10H2,(H2,17,19)/t12-,14+/m0/s1. The van der Waals surface area contributed by atoms with Crippen LogP contribution in [0.25, 0.3) is 0 Å². The summed E-state index contributed by atoms with van der Waals surface area (Å²) in [5.41, 5.74) is 5.46. The summed E-state index contributed by atoms with van der Waals surface area (Å²) < 4.78 is 11.2. The van der Waals surface area contributed by atoms with E-state index in [-0.39, 0.29) is 23.8 Å². The Morgan fingerprint density at radius 2 is 1.95 bits per heavy atom. The van der Waals surface area contributed by atoms with Crippen LogP contribution in [-0.2, 0) is 19.1 Å². The van der Waals surface area contributed by atoms with Crippen molar-refractivity contribution in [2.45, 2.75) is 38.2 Å². The number of carbonyl (C=O) groups excluding carboxylic acids is 2. The van der Waals surface area contributed by atoms with Gasteiger partial charge < -0.3 is 20.1 Å². The molecule has 6 nitrogen and oxygen atoms in total. The highest BCUT2D eigenvalue weighted by Gasteiger charge is 2.40. The van der Waals surface area contributed by atoms with E-state index in [0.717, 1.165) is 32.1 Å². The quantitative estimate of drug-likeness (QED) is 0.836. The van der Waals surface area contributed by atoms with Crippen LogP contribution in [0.4, 0.5) is 0 Å². The van der Waals surface area contributed by atoms with Crippen molar-refractivity contribution in [1.29, 1.82) is 0 Å². The van der Waals surface area contributed by atoms with Crippen LogP contribution in [0.1, 0.15) is 32.1 Å². The predicted octanol–water partition coefficient (Wildman–Crippen LogP) is 0.810. The molecule has 0 saturated carbocycles. The molecule has 3 rings (SSSR count). The van der Waals surface area contributed by atoms with Crippen LogP contribution in [0.3, 0.4) is 0 Å². The van der Waals surface area contributed by atoms with E-state index in [1.807, 2.05) is 11.0 Å². The van der Waals surface area contributed by atoms with E-state index in [4.69, 9.17) is 15.2 Å². The molecule has 22 heavy (non-hydrogen) atoms. The van der Waals surface area contributed by atoms with Gasteiger partial charge in [0, 0.05) is 19.7 Å². The van der Waals surface area contributed by atoms with E-state index < -0.39 is 0 Å². The minimum atomic E-state index is -0.262. The largest absolute Gasteiger partial charge is 0.488 e. The molecule has 2 saturated heterocycles. The molecule has 122 valence electrons. The zero-order chi connectivity index (χ0) is 15.5. The van der Waals surface area contributed by atoms with Crippen LogP contribution in [0.15, 0.2) is 11.8 Å². The molecule has 2 N–H and O–H groups in total. The molecule has 2 amide bonds. The number of piperidine rings is 1. The first kappa shape index (κ1) is 15.3. The number of amides is 2. The lowest BCUT2D eigenvalue weighted by atomic mass is 9.84. The minimum Gasteiger partial charge on any atom is -0.488 e. The first-order valence-corrected chi connectivity index (χ1v) is 8.20. The van der Waals surface area contributed by atoms with E-state index in [9.17, 15) is 9.59 Å². The topological polar surface area (TPSA) is 81.9 Å². The summed E-state index contributed by atoms with van der Waals surface area (Å²) in [6, 6.07) is 0. The van der Waals surface area contributed by atoms with Crippen molar-refractivity contribution >= 4 is 11.8 Å². The normalized spacial score (nSPS) is 29.8. The van der Waals surface area contributed by atoms with Gasteiger partial charge >= 0.3 is 0 Å². The lowest BCUT2D eigenvalue weighted by molar-refractivity contribution is -0.134. The summed E-state index contributed by atoms with van der Waals surface area (Å²) >= 11 is 0. The van der Waals surface area contributed by atoms with Gasteiger partial charge in [0.1, 0.15) is 0 Å². The van der Waals surface area contributed by atoms with Gasteiger partial charge in [-0.2, -0.15) is 0 Å². The van der Waals surface area contributed by atoms with Gasteiger partial charge in [-0.15, -0.1) is 0 Å². The average Bonchev–Trinajstić information content (AvgIpc) is 3.05. The molecule has 3 heterocycles. The van der Waals surface area contributed by atoms with Crippen molar-refractivity contribution in [2.75, 3.05) is 26.3 Å².